The lowest BCUT2D eigenvalue weighted by Crippen LogP contribution is -2.35. The molecule has 2 rings (SSSR count). The van der Waals surface area contributed by atoms with Crippen LogP contribution in [0.5, 0.6) is 0 Å². The van der Waals surface area contributed by atoms with Crippen molar-refractivity contribution in [2.45, 2.75) is 38.0 Å². The van der Waals surface area contributed by atoms with Crippen molar-refractivity contribution in [1.82, 2.24) is 9.21 Å². The molecule has 0 radical (unpaired) electrons. The number of amides is 1. The number of carbonyl (C=O) groups excluding carboxylic acids is 1. The fourth-order valence-corrected chi connectivity index (χ4v) is 4.58. The van der Waals surface area contributed by atoms with Crippen molar-refractivity contribution in [3.8, 4) is 0 Å². The van der Waals surface area contributed by atoms with Crippen LogP contribution in [0.4, 0.5) is 0 Å². The summed E-state index contributed by atoms with van der Waals surface area (Å²) in [7, 11) is -1.87. The maximum absolute atomic E-state index is 12.7. The van der Waals surface area contributed by atoms with Crippen LogP contribution in [-0.4, -0.2) is 50.2 Å². The molecule has 1 saturated carbocycles. The van der Waals surface area contributed by atoms with Crippen molar-refractivity contribution in [2.75, 3.05) is 26.7 Å². The second-order valence-corrected chi connectivity index (χ2v) is 8.56. The summed E-state index contributed by atoms with van der Waals surface area (Å²) in [5.41, 5.74) is 0.242. The molecule has 1 fully saturated rings. The second-order valence-electron chi connectivity index (χ2n) is 6.21. The summed E-state index contributed by atoms with van der Waals surface area (Å²) in [4.78, 5) is 14.4. The lowest BCUT2D eigenvalue weighted by molar-refractivity contribution is 0.0745. The second kappa shape index (κ2) is 7.85. The van der Waals surface area contributed by atoms with Crippen LogP contribution in [0.1, 0.15) is 43.5 Å². The van der Waals surface area contributed by atoms with Gasteiger partial charge >= 0.3 is 0 Å². The van der Waals surface area contributed by atoms with Crippen molar-refractivity contribution in [1.29, 1.82) is 0 Å². The van der Waals surface area contributed by atoms with E-state index >= 15 is 0 Å². The van der Waals surface area contributed by atoms with Gasteiger partial charge in [-0.2, -0.15) is 4.31 Å². The zero-order valence-electron chi connectivity index (χ0n) is 14.5. The summed E-state index contributed by atoms with van der Waals surface area (Å²) in [5, 5.41) is 0.277. The lowest BCUT2D eigenvalue weighted by atomic mass is 9.85. The van der Waals surface area contributed by atoms with Crippen LogP contribution in [0.2, 0.25) is 5.02 Å². The Labute approximate surface area is 149 Å². The number of sulfonamides is 1. The van der Waals surface area contributed by atoms with E-state index in [1.54, 1.807) is 25.8 Å². The highest BCUT2D eigenvalue weighted by molar-refractivity contribution is 7.89. The fraction of sp³-hybridized carbons (Fsp3) is 0.588. The Balaban J connectivity index is 2.29. The van der Waals surface area contributed by atoms with Crippen molar-refractivity contribution in [3.63, 3.8) is 0 Å². The Kier molecular flexibility index (Phi) is 6.28. The third-order valence-electron chi connectivity index (χ3n) is 4.61. The molecule has 1 aliphatic rings. The third kappa shape index (κ3) is 3.92. The number of rotatable bonds is 7. The molecule has 0 saturated heterocycles. The molecule has 0 unspecified atom stereocenters. The minimum Gasteiger partial charge on any atom is -0.341 e. The first-order chi connectivity index (χ1) is 11.3. The standard InChI is InChI=1S/C17H25ClN2O3S/c1-4-20(5-2)24(22,23)14-9-10-16(18)15(11-14)17(21)19(3)12-13-7-6-8-13/h9-11,13H,4-8,12H2,1-3H3. The smallest absolute Gasteiger partial charge is 0.255 e. The van der Waals surface area contributed by atoms with Gasteiger partial charge in [0.05, 0.1) is 15.5 Å². The number of carbonyl (C=O) groups is 1. The third-order valence-corrected chi connectivity index (χ3v) is 6.99. The van der Waals surface area contributed by atoms with Gasteiger partial charge in [-0.25, -0.2) is 8.42 Å². The molecule has 1 amide bonds. The number of nitrogens with zero attached hydrogens (tertiary/aromatic N) is 2. The highest BCUT2D eigenvalue weighted by Crippen LogP contribution is 2.28. The van der Waals surface area contributed by atoms with Gasteiger partial charge in [0.2, 0.25) is 10.0 Å². The first kappa shape index (κ1) is 19.2. The van der Waals surface area contributed by atoms with Gasteiger partial charge in [-0.1, -0.05) is 31.9 Å². The van der Waals surface area contributed by atoms with Crippen molar-refractivity contribution in [2.24, 2.45) is 5.92 Å². The average Bonchev–Trinajstić information content (AvgIpc) is 2.51. The molecule has 0 atom stereocenters. The number of halogens is 1. The molecule has 1 aromatic rings. The Morgan fingerprint density at radius 3 is 2.38 bits per heavy atom. The van der Waals surface area contributed by atoms with Crippen LogP contribution in [-0.2, 0) is 10.0 Å². The Morgan fingerprint density at radius 2 is 1.88 bits per heavy atom. The van der Waals surface area contributed by atoms with Crippen LogP contribution < -0.4 is 0 Å². The highest BCUT2D eigenvalue weighted by atomic mass is 35.5. The summed E-state index contributed by atoms with van der Waals surface area (Å²) in [6, 6.07) is 4.34. The van der Waals surface area contributed by atoms with Gasteiger partial charge in [0.15, 0.2) is 0 Å². The van der Waals surface area contributed by atoms with Gasteiger partial charge in [0.1, 0.15) is 0 Å². The van der Waals surface area contributed by atoms with Crippen LogP contribution >= 0.6 is 11.6 Å². The van der Waals surface area contributed by atoms with E-state index in [0.29, 0.717) is 25.6 Å². The fourth-order valence-electron chi connectivity index (χ4n) is 2.89. The summed E-state index contributed by atoms with van der Waals surface area (Å²) in [6.07, 6.45) is 3.49. The molecule has 5 nitrogen and oxygen atoms in total. The zero-order valence-corrected chi connectivity index (χ0v) is 16.0. The summed E-state index contributed by atoms with van der Waals surface area (Å²) in [6.45, 7) is 5.02. The molecule has 0 bridgehead atoms. The molecule has 24 heavy (non-hydrogen) atoms. The van der Waals surface area contributed by atoms with Crippen molar-refractivity contribution < 1.29 is 13.2 Å². The largest absolute Gasteiger partial charge is 0.341 e. The molecule has 1 aliphatic carbocycles. The predicted molar refractivity (Wildman–Crippen MR) is 95.9 cm³/mol. The minimum atomic E-state index is -3.61. The average molecular weight is 373 g/mol. The SMILES string of the molecule is CCN(CC)S(=O)(=O)c1ccc(Cl)c(C(=O)N(C)CC2CCC2)c1. The van der Waals surface area contributed by atoms with Crippen LogP contribution in [0.25, 0.3) is 0 Å². The van der Waals surface area contributed by atoms with Gasteiger partial charge < -0.3 is 4.90 Å². The number of hydrogen-bond donors (Lipinski definition) is 0. The van der Waals surface area contributed by atoms with Crippen molar-refractivity contribution in [3.05, 3.63) is 28.8 Å². The first-order valence-corrected chi connectivity index (χ1v) is 10.2. The summed E-state index contributed by atoms with van der Waals surface area (Å²) >= 11 is 6.16. The topological polar surface area (TPSA) is 57.7 Å². The Morgan fingerprint density at radius 1 is 1.25 bits per heavy atom. The maximum atomic E-state index is 12.7. The van der Waals surface area contributed by atoms with E-state index in [9.17, 15) is 13.2 Å². The summed E-state index contributed by atoms with van der Waals surface area (Å²) in [5.74, 6) is 0.309. The van der Waals surface area contributed by atoms with E-state index in [1.165, 1.54) is 28.9 Å². The van der Waals surface area contributed by atoms with E-state index in [-0.39, 0.29) is 21.4 Å². The summed E-state index contributed by atoms with van der Waals surface area (Å²) < 4.78 is 26.6. The molecule has 7 heteroatoms. The number of benzene rings is 1. The molecule has 134 valence electrons. The first-order valence-electron chi connectivity index (χ1n) is 8.36. The van der Waals surface area contributed by atoms with Crippen LogP contribution in [0.3, 0.4) is 0 Å². The van der Waals surface area contributed by atoms with E-state index < -0.39 is 10.0 Å². The molecule has 0 aromatic heterocycles. The Hall–Kier alpha value is -1.11. The number of hydrogen-bond acceptors (Lipinski definition) is 3. The lowest BCUT2D eigenvalue weighted by Gasteiger charge is -2.30. The molecule has 0 N–H and O–H groups in total. The van der Waals surface area contributed by atoms with Gasteiger partial charge in [-0.15, -0.1) is 0 Å². The van der Waals surface area contributed by atoms with Gasteiger partial charge in [-0.3, -0.25) is 4.79 Å². The predicted octanol–water partition coefficient (Wildman–Crippen LogP) is 3.24. The van der Waals surface area contributed by atoms with Gasteiger partial charge in [-0.05, 0) is 37.0 Å². The highest BCUT2D eigenvalue weighted by Gasteiger charge is 2.26. The maximum Gasteiger partial charge on any atom is 0.255 e. The van der Waals surface area contributed by atoms with E-state index in [1.807, 2.05) is 0 Å². The van der Waals surface area contributed by atoms with Gasteiger partial charge in [0.25, 0.3) is 5.91 Å². The van der Waals surface area contributed by atoms with E-state index in [4.69, 9.17) is 11.6 Å². The monoisotopic (exact) mass is 372 g/mol. The molecule has 0 heterocycles. The Bertz CT molecular complexity index is 698. The van der Waals surface area contributed by atoms with E-state index in [2.05, 4.69) is 0 Å². The molecular weight excluding hydrogens is 348 g/mol. The van der Waals surface area contributed by atoms with Crippen LogP contribution in [0, 0.1) is 5.92 Å². The molecule has 0 spiro atoms. The van der Waals surface area contributed by atoms with Crippen LogP contribution in [0.15, 0.2) is 23.1 Å². The molecule has 1 aromatic carbocycles. The van der Waals surface area contributed by atoms with Crippen molar-refractivity contribution >= 4 is 27.5 Å². The van der Waals surface area contributed by atoms with E-state index in [0.717, 1.165) is 12.8 Å². The minimum absolute atomic E-state index is 0.107. The molecule has 0 aliphatic heterocycles. The normalized spacial score (nSPS) is 15.4. The molecular formula is C17H25ClN2O3S. The zero-order chi connectivity index (χ0) is 17.9. The van der Waals surface area contributed by atoms with Gasteiger partial charge in [0, 0.05) is 26.7 Å². The quantitative estimate of drug-likeness (QED) is 0.738.